The first-order chi connectivity index (χ1) is 9.93. The number of hydrogen-bond donors (Lipinski definition) is 2. The van der Waals surface area contributed by atoms with Gasteiger partial charge in [0, 0.05) is 11.4 Å². The highest BCUT2D eigenvalue weighted by atomic mass is 35.5. The first-order valence-corrected chi connectivity index (χ1v) is 8.88. The number of nitrogens with one attached hydrogen (secondary N) is 1. The van der Waals surface area contributed by atoms with Gasteiger partial charge in [0.2, 0.25) is 0 Å². The molecule has 0 bridgehead atoms. The van der Waals surface area contributed by atoms with Crippen LogP contribution in [0, 0.1) is 5.92 Å². The highest BCUT2D eigenvalue weighted by Crippen LogP contribution is 2.31. The lowest BCUT2D eigenvalue weighted by molar-refractivity contribution is -0.00540. The Balaban J connectivity index is 1.98. The van der Waals surface area contributed by atoms with Crippen molar-refractivity contribution in [2.24, 2.45) is 5.92 Å². The maximum absolute atomic E-state index is 12.3. The van der Waals surface area contributed by atoms with Gasteiger partial charge >= 0.3 is 0 Å². The van der Waals surface area contributed by atoms with Crippen LogP contribution in [0.4, 0.5) is 0 Å². The van der Waals surface area contributed by atoms with Crippen LogP contribution in [-0.2, 0) is 0 Å². The molecule has 0 aromatic heterocycles. The van der Waals surface area contributed by atoms with E-state index in [1.165, 1.54) is 0 Å². The third-order valence-corrected chi connectivity index (χ3v) is 5.26. The molecule has 0 unspecified atom stereocenters. The molecular formula is C16H22ClNO2S. The predicted octanol–water partition coefficient (Wildman–Crippen LogP) is 3.73. The van der Waals surface area contributed by atoms with Crippen LogP contribution in [0.3, 0.4) is 0 Å². The number of rotatable bonds is 4. The van der Waals surface area contributed by atoms with Gasteiger partial charge in [0.25, 0.3) is 5.91 Å². The van der Waals surface area contributed by atoms with E-state index in [0.717, 1.165) is 30.6 Å². The number of aliphatic hydroxyl groups is 1. The zero-order valence-corrected chi connectivity index (χ0v) is 14.1. The first kappa shape index (κ1) is 16.7. The molecule has 0 atom stereocenters. The van der Waals surface area contributed by atoms with Gasteiger partial charge in [-0.1, -0.05) is 18.5 Å². The molecule has 5 heteroatoms. The van der Waals surface area contributed by atoms with E-state index >= 15 is 0 Å². The Morgan fingerprint density at radius 3 is 2.76 bits per heavy atom. The van der Waals surface area contributed by atoms with E-state index in [2.05, 4.69) is 12.2 Å². The Bertz CT molecular complexity index is 513. The number of hydrogen-bond acceptors (Lipinski definition) is 3. The highest BCUT2D eigenvalue weighted by molar-refractivity contribution is 7.98. The fourth-order valence-electron chi connectivity index (χ4n) is 2.62. The molecule has 1 saturated carbocycles. The molecule has 0 heterocycles. The third kappa shape index (κ3) is 4.38. The van der Waals surface area contributed by atoms with Crippen molar-refractivity contribution in [1.29, 1.82) is 0 Å². The van der Waals surface area contributed by atoms with E-state index in [1.807, 2.05) is 12.3 Å². The van der Waals surface area contributed by atoms with Crippen LogP contribution >= 0.6 is 23.4 Å². The fraction of sp³-hybridized carbons (Fsp3) is 0.562. The second-order valence-electron chi connectivity index (χ2n) is 5.94. The number of thioether (sulfide) groups is 1. The van der Waals surface area contributed by atoms with E-state index in [4.69, 9.17) is 11.6 Å². The molecule has 0 saturated heterocycles. The summed E-state index contributed by atoms with van der Waals surface area (Å²) in [5.41, 5.74) is -0.303. The van der Waals surface area contributed by atoms with Crippen molar-refractivity contribution in [3.8, 4) is 0 Å². The fourth-order valence-corrected chi connectivity index (χ4v) is 3.26. The van der Waals surface area contributed by atoms with Crippen LogP contribution in [0.5, 0.6) is 0 Å². The lowest BCUT2D eigenvalue weighted by Crippen LogP contribution is -2.45. The van der Waals surface area contributed by atoms with Crippen LogP contribution in [0.15, 0.2) is 23.1 Å². The van der Waals surface area contributed by atoms with Crippen molar-refractivity contribution >= 4 is 29.3 Å². The standard InChI is InChI=1S/C16H22ClNO2S/c1-11-5-7-16(20,8-6-11)10-18-15(19)13-9-12(21-2)3-4-14(13)17/h3-4,9,11,20H,5-8,10H2,1-2H3,(H,18,19). The number of halogens is 1. The molecule has 2 N–H and O–H groups in total. The Morgan fingerprint density at radius 1 is 1.48 bits per heavy atom. The summed E-state index contributed by atoms with van der Waals surface area (Å²) in [6.07, 6.45) is 5.46. The van der Waals surface area contributed by atoms with E-state index in [0.29, 0.717) is 23.0 Å². The smallest absolute Gasteiger partial charge is 0.252 e. The minimum absolute atomic E-state index is 0.219. The molecule has 21 heavy (non-hydrogen) atoms. The molecule has 0 radical (unpaired) electrons. The lowest BCUT2D eigenvalue weighted by atomic mass is 9.79. The SMILES string of the molecule is CSc1ccc(Cl)c(C(=O)NCC2(O)CCC(C)CC2)c1. The average molecular weight is 328 g/mol. The summed E-state index contributed by atoms with van der Waals surface area (Å²) in [7, 11) is 0. The molecule has 1 aliphatic rings. The van der Waals surface area contributed by atoms with Crippen molar-refractivity contribution < 1.29 is 9.90 Å². The maximum atomic E-state index is 12.3. The zero-order chi connectivity index (χ0) is 15.5. The molecule has 1 amide bonds. The lowest BCUT2D eigenvalue weighted by Gasteiger charge is -2.35. The topological polar surface area (TPSA) is 49.3 Å². The summed E-state index contributed by atoms with van der Waals surface area (Å²) in [6.45, 7) is 2.49. The number of benzene rings is 1. The van der Waals surface area contributed by atoms with Crippen molar-refractivity contribution in [3.63, 3.8) is 0 Å². The van der Waals surface area contributed by atoms with E-state index in [-0.39, 0.29) is 5.91 Å². The Labute approximate surface area is 135 Å². The molecule has 1 aliphatic carbocycles. The summed E-state index contributed by atoms with van der Waals surface area (Å²) in [4.78, 5) is 13.3. The maximum Gasteiger partial charge on any atom is 0.252 e. The normalized spacial score (nSPS) is 25.6. The number of amides is 1. The summed E-state index contributed by atoms with van der Waals surface area (Å²) >= 11 is 7.66. The molecule has 1 aromatic rings. The summed E-state index contributed by atoms with van der Waals surface area (Å²) in [5.74, 6) is 0.441. The summed E-state index contributed by atoms with van der Waals surface area (Å²) in [6, 6.07) is 5.41. The predicted molar refractivity (Wildman–Crippen MR) is 88.1 cm³/mol. The molecule has 1 fully saturated rings. The van der Waals surface area contributed by atoms with Crippen LogP contribution in [0.2, 0.25) is 5.02 Å². The van der Waals surface area contributed by atoms with Crippen molar-refractivity contribution in [3.05, 3.63) is 28.8 Å². The van der Waals surface area contributed by atoms with Gasteiger partial charge in [-0.05, 0) is 56.1 Å². The van der Waals surface area contributed by atoms with Gasteiger partial charge in [-0.25, -0.2) is 0 Å². The van der Waals surface area contributed by atoms with Crippen LogP contribution in [-0.4, -0.2) is 29.4 Å². The van der Waals surface area contributed by atoms with Crippen LogP contribution in [0.25, 0.3) is 0 Å². The summed E-state index contributed by atoms with van der Waals surface area (Å²) in [5, 5.41) is 13.8. The molecule has 0 aliphatic heterocycles. The molecule has 3 nitrogen and oxygen atoms in total. The summed E-state index contributed by atoms with van der Waals surface area (Å²) < 4.78 is 0. The van der Waals surface area contributed by atoms with Gasteiger partial charge in [0.05, 0.1) is 16.2 Å². The van der Waals surface area contributed by atoms with Gasteiger partial charge in [0.1, 0.15) is 0 Å². The Kier molecular flexibility index (Phi) is 5.58. The number of carbonyl (C=O) groups excluding carboxylic acids is 1. The Hall–Kier alpha value is -0.710. The monoisotopic (exact) mass is 327 g/mol. The largest absolute Gasteiger partial charge is 0.388 e. The minimum Gasteiger partial charge on any atom is -0.388 e. The first-order valence-electron chi connectivity index (χ1n) is 7.28. The van der Waals surface area contributed by atoms with Crippen molar-refractivity contribution in [1.82, 2.24) is 5.32 Å². The molecule has 1 aromatic carbocycles. The van der Waals surface area contributed by atoms with Gasteiger partial charge < -0.3 is 10.4 Å². The zero-order valence-electron chi connectivity index (χ0n) is 12.5. The minimum atomic E-state index is -0.772. The van der Waals surface area contributed by atoms with Crippen LogP contribution < -0.4 is 5.32 Å². The van der Waals surface area contributed by atoms with E-state index in [1.54, 1.807) is 23.9 Å². The van der Waals surface area contributed by atoms with E-state index in [9.17, 15) is 9.90 Å². The molecule has 116 valence electrons. The van der Waals surface area contributed by atoms with Gasteiger partial charge in [-0.3, -0.25) is 4.79 Å². The highest BCUT2D eigenvalue weighted by Gasteiger charge is 2.32. The molecule has 2 rings (SSSR count). The third-order valence-electron chi connectivity index (χ3n) is 4.20. The van der Waals surface area contributed by atoms with Crippen molar-refractivity contribution in [2.75, 3.05) is 12.8 Å². The quantitative estimate of drug-likeness (QED) is 0.828. The van der Waals surface area contributed by atoms with Gasteiger partial charge in [0.15, 0.2) is 0 Å². The van der Waals surface area contributed by atoms with Crippen LogP contribution in [0.1, 0.15) is 43.0 Å². The van der Waals surface area contributed by atoms with Gasteiger partial charge in [-0.15, -0.1) is 11.8 Å². The van der Waals surface area contributed by atoms with Crippen molar-refractivity contribution in [2.45, 2.75) is 43.1 Å². The van der Waals surface area contributed by atoms with Gasteiger partial charge in [-0.2, -0.15) is 0 Å². The number of carbonyl (C=O) groups is 1. The second kappa shape index (κ2) is 7.03. The van der Waals surface area contributed by atoms with E-state index < -0.39 is 5.60 Å². The molecular weight excluding hydrogens is 306 g/mol. The average Bonchev–Trinajstić information content (AvgIpc) is 2.49. The molecule has 0 spiro atoms. The second-order valence-corrected chi connectivity index (χ2v) is 7.22. The Morgan fingerprint density at radius 2 is 2.14 bits per heavy atom.